The van der Waals surface area contributed by atoms with Crippen molar-refractivity contribution in [3.8, 4) is 5.75 Å². The lowest BCUT2D eigenvalue weighted by Gasteiger charge is -2.22. The summed E-state index contributed by atoms with van der Waals surface area (Å²) in [7, 11) is 1.54. The summed E-state index contributed by atoms with van der Waals surface area (Å²) in [6.45, 7) is 3.03. The van der Waals surface area contributed by atoms with Gasteiger partial charge in [0, 0.05) is 11.4 Å². The summed E-state index contributed by atoms with van der Waals surface area (Å²) in [5, 5.41) is 5.36. The van der Waals surface area contributed by atoms with Crippen LogP contribution in [0.2, 0.25) is 0 Å². The standard InChI is InChI=1S/C20H22N4O4/c1-12-4-7-14(21)10-16(12)22-17(25)11-24-18(26)20(2,23-19(24)27)13-5-8-15(28-3)9-6-13/h4-10H,11,21H2,1-3H3,(H,22,25)(H,23,27). The summed E-state index contributed by atoms with van der Waals surface area (Å²) in [6.07, 6.45) is 0. The molecule has 0 radical (unpaired) electrons. The first-order chi connectivity index (χ1) is 13.2. The zero-order valence-corrected chi connectivity index (χ0v) is 15.9. The number of rotatable bonds is 5. The number of aryl methyl sites for hydroxylation is 1. The van der Waals surface area contributed by atoms with Crippen molar-refractivity contribution in [2.24, 2.45) is 0 Å². The van der Waals surface area contributed by atoms with Gasteiger partial charge < -0.3 is 21.1 Å². The van der Waals surface area contributed by atoms with Crippen molar-refractivity contribution >= 4 is 29.2 Å². The van der Waals surface area contributed by atoms with Gasteiger partial charge in [0.05, 0.1) is 7.11 Å². The molecule has 0 aromatic heterocycles. The maximum Gasteiger partial charge on any atom is 0.325 e. The summed E-state index contributed by atoms with van der Waals surface area (Å²) >= 11 is 0. The number of nitrogens with zero attached hydrogens (tertiary/aromatic N) is 1. The maximum atomic E-state index is 12.9. The second kappa shape index (κ2) is 7.22. The maximum absolute atomic E-state index is 12.9. The van der Waals surface area contributed by atoms with Crippen LogP contribution >= 0.6 is 0 Å². The van der Waals surface area contributed by atoms with Gasteiger partial charge in [-0.15, -0.1) is 0 Å². The van der Waals surface area contributed by atoms with Gasteiger partial charge in [-0.3, -0.25) is 14.5 Å². The Morgan fingerprint density at radius 3 is 2.54 bits per heavy atom. The first-order valence-electron chi connectivity index (χ1n) is 8.69. The molecule has 0 aliphatic carbocycles. The number of benzene rings is 2. The molecular weight excluding hydrogens is 360 g/mol. The minimum atomic E-state index is -1.25. The number of hydrogen-bond acceptors (Lipinski definition) is 5. The van der Waals surface area contributed by atoms with E-state index in [4.69, 9.17) is 10.5 Å². The molecule has 1 atom stereocenters. The number of nitrogens with one attached hydrogen (secondary N) is 2. The smallest absolute Gasteiger partial charge is 0.325 e. The van der Waals surface area contributed by atoms with E-state index in [0.717, 1.165) is 10.5 Å². The van der Waals surface area contributed by atoms with Crippen LogP contribution < -0.4 is 21.1 Å². The van der Waals surface area contributed by atoms with Gasteiger partial charge >= 0.3 is 6.03 Å². The van der Waals surface area contributed by atoms with E-state index in [2.05, 4.69) is 10.6 Å². The van der Waals surface area contributed by atoms with Gasteiger partial charge in [0.1, 0.15) is 17.8 Å². The van der Waals surface area contributed by atoms with Crippen LogP contribution in [0.1, 0.15) is 18.1 Å². The molecule has 1 aliphatic rings. The van der Waals surface area contributed by atoms with E-state index in [1.54, 1.807) is 56.5 Å². The number of methoxy groups -OCH3 is 1. The number of anilines is 2. The number of nitrogens with two attached hydrogens (primary N) is 1. The monoisotopic (exact) mass is 382 g/mol. The van der Waals surface area contributed by atoms with Gasteiger partial charge in [-0.05, 0) is 49.2 Å². The molecular formula is C20H22N4O4. The Morgan fingerprint density at radius 1 is 1.21 bits per heavy atom. The molecule has 2 aromatic rings. The Balaban J connectivity index is 1.75. The van der Waals surface area contributed by atoms with Crippen LogP contribution in [0.25, 0.3) is 0 Å². The predicted octanol–water partition coefficient (Wildman–Crippen LogP) is 1.99. The number of nitrogen functional groups attached to an aromatic ring is 1. The van der Waals surface area contributed by atoms with Crippen molar-refractivity contribution in [2.75, 3.05) is 24.7 Å². The summed E-state index contributed by atoms with van der Waals surface area (Å²) in [5.41, 5.74) is 6.95. The van der Waals surface area contributed by atoms with Gasteiger partial charge in [0.2, 0.25) is 5.91 Å². The topological polar surface area (TPSA) is 114 Å². The van der Waals surface area contributed by atoms with Gasteiger partial charge in [0.15, 0.2) is 0 Å². The number of carbonyl (C=O) groups is 3. The number of carbonyl (C=O) groups excluding carboxylic acids is 3. The molecule has 1 heterocycles. The van der Waals surface area contributed by atoms with Crippen molar-refractivity contribution in [3.63, 3.8) is 0 Å². The molecule has 1 unspecified atom stereocenters. The Hall–Kier alpha value is -3.55. The molecule has 0 spiro atoms. The molecule has 0 bridgehead atoms. The van der Waals surface area contributed by atoms with Crippen molar-refractivity contribution in [1.82, 2.24) is 10.2 Å². The lowest BCUT2D eigenvalue weighted by atomic mass is 9.92. The lowest BCUT2D eigenvalue weighted by Crippen LogP contribution is -2.42. The number of hydrogen-bond donors (Lipinski definition) is 3. The van der Waals surface area contributed by atoms with Crippen LogP contribution in [-0.2, 0) is 15.1 Å². The summed E-state index contributed by atoms with van der Waals surface area (Å²) in [6, 6.07) is 11.3. The van der Waals surface area contributed by atoms with Crippen LogP contribution in [0.4, 0.5) is 16.2 Å². The van der Waals surface area contributed by atoms with Crippen LogP contribution in [0, 0.1) is 6.92 Å². The largest absolute Gasteiger partial charge is 0.497 e. The zero-order valence-electron chi connectivity index (χ0n) is 15.9. The predicted molar refractivity (Wildman–Crippen MR) is 105 cm³/mol. The molecule has 146 valence electrons. The van der Waals surface area contributed by atoms with Crippen molar-refractivity contribution < 1.29 is 19.1 Å². The Kier molecular flexibility index (Phi) is 4.96. The molecule has 28 heavy (non-hydrogen) atoms. The third kappa shape index (κ3) is 3.48. The second-order valence-corrected chi connectivity index (χ2v) is 6.80. The van der Waals surface area contributed by atoms with Crippen molar-refractivity contribution in [3.05, 3.63) is 53.6 Å². The summed E-state index contributed by atoms with van der Waals surface area (Å²) in [4.78, 5) is 38.6. The van der Waals surface area contributed by atoms with Crippen LogP contribution in [0.5, 0.6) is 5.75 Å². The summed E-state index contributed by atoms with van der Waals surface area (Å²) in [5.74, 6) is -0.351. The zero-order chi connectivity index (χ0) is 20.5. The van der Waals surface area contributed by atoms with Gasteiger partial charge in [-0.2, -0.15) is 0 Å². The highest BCUT2D eigenvalue weighted by atomic mass is 16.5. The lowest BCUT2D eigenvalue weighted by molar-refractivity contribution is -0.133. The Morgan fingerprint density at radius 2 is 1.89 bits per heavy atom. The third-order valence-corrected chi connectivity index (χ3v) is 4.78. The van der Waals surface area contributed by atoms with Crippen LogP contribution in [-0.4, -0.2) is 36.4 Å². The van der Waals surface area contributed by atoms with E-state index in [9.17, 15) is 14.4 Å². The van der Waals surface area contributed by atoms with E-state index in [-0.39, 0.29) is 0 Å². The fraction of sp³-hybridized carbons (Fsp3) is 0.250. The normalized spacial score (nSPS) is 18.8. The molecule has 2 aromatic carbocycles. The second-order valence-electron chi connectivity index (χ2n) is 6.80. The minimum absolute atomic E-state index is 0.398. The fourth-order valence-corrected chi connectivity index (χ4v) is 3.07. The SMILES string of the molecule is COc1ccc(C2(C)NC(=O)N(CC(=O)Nc3cc(N)ccc3C)C2=O)cc1. The molecule has 4 amide bonds. The van der Waals surface area contributed by atoms with Crippen molar-refractivity contribution in [1.29, 1.82) is 0 Å². The third-order valence-electron chi connectivity index (χ3n) is 4.78. The Labute approximate surface area is 162 Å². The molecule has 1 saturated heterocycles. The first kappa shape index (κ1) is 19.2. The highest BCUT2D eigenvalue weighted by Crippen LogP contribution is 2.30. The van der Waals surface area contributed by atoms with E-state index in [0.29, 0.717) is 22.7 Å². The van der Waals surface area contributed by atoms with Crippen molar-refractivity contribution in [2.45, 2.75) is 19.4 Å². The molecule has 3 rings (SSSR count). The van der Waals surface area contributed by atoms with E-state index in [1.807, 2.05) is 6.92 Å². The molecule has 8 heteroatoms. The molecule has 1 fully saturated rings. The minimum Gasteiger partial charge on any atom is -0.497 e. The van der Waals surface area contributed by atoms with Crippen LogP contribution in [0.15, 0.2) is 42.5 Å². The van der Waals surface area contributed by atoms with E-state index in [1.165, 1.54) is 0 Å². The molecule has 4 N–H and O–H groups in total. The average molecular weight is 382 g/mol. The number of imide groups is 1. The first-order valence-corrected chi connectivity index (χ1v) is 8.69. The van der Waals surface area contributed by atoms with E-state index < -0.39 is 29.9 Å². The average Bonchev–Trinajstić information content (AvgIpc) is 2.89. The molecule has 1 aliphatic heterocycles. The molecule has 0 saturated carbocycles. The Bertz CT molecular complexity index is 942. The number of amides is 4. The van der Waals surface area contributed by atoms with Gasteiger partial charge in [-0.1, -0.05) is 18.2 Å². The highest BCUT2D eigenvalue weighted by molar-refractivity contribution is 6.10. The number of ether oxygens (including phenoxy) is 1. The number of urea groups is 1. The quantitative estimate of drug-likeness (QED) is 0.541. The van der Waals surface area contributed by atoms with E-state index >= 15 is 0 Å². The van der Waals surface area contributed by atoms with Crippen LogP contribution in [0.3, 0.4) is 0 Å². The molecule has 8 nitrogen and oxygen atoms in total. The van der Waals surface area contributed by atoms with Gasteiger partial charge in [-0.25, -0.2) is 4.79 Å². The summed E-state index contributed by atoms with van der Waals surface area (Å²) < 4.78 is 5.12. The fourth-order valence-electron chi connectivity index (χ4n) is 3.07. The van der Waals surface area contributed by atoms with Gasteiger partial charge in [0.25, 0.3) is 5.91 Å². The highest BCUT2D eigenvalue weighted by Gasteiger charge is 2.49.